The Kier molecular flexibility index (Phi) is 4.58. The molecule has 9 rings (SSSR count). The van der Waals surface area contributed by atoms with Crippen molar-refractivity contribution in [3.8, 4) is 22.5 Å². The number of hydrogen-bond acceptors (Lipinski definition) is 1. The first kappa shape index (κ1) is 22.2. The smallest absolute Gasteiger partial charge is 0.0762 e. The van der Waals surface area contributed by atoms with Crippen LogP contribution in [0.2, 0.25) is 0 Å². The van der Waals surface area contributed by atoms with Gasteiger partial charge in [-0.15, -0.1) is 0 Å². The Labute approximate surface area is 235 Å². The number of benzene rings is 6. The predicted molar refractivity (Wildman–Crippen MR) is 170 cm³/mol. The van der Waals surface area contributed by atoms with Gasteiger partial charge in [-0.05, 0) is 77.9 Å². The number of aromatic amines is 1. The fourth-order valence-corrected chi connectivity index (χ4v) is 6.44. The van der Waals surface area contributed by atoms with Gasteiger partial charge in [0.1, 0.15) is 0 Å². The van der Waals surface area contributed by atoms with Crippen LogP contribution in [-0.4, -0.2) is 19.3 Å². The fraction of sp³-hybridized carbons (Fsp3) is 0. The van der Waals surface area contributed by atoms with Crippen LogP contribution < -0.4 is 0 Å². The molecule has 3 aromatic heterocycles. The van der Waals surface area contributed by atoms with Crippen LogP contribution in [0.5, 0.6) is 0 Å². The number of nitrogens with zero attached hydrogens (tertiary/aromatic N) is 3. The van der Waals surface area contributed by atoms with E-state index in [1.165, 1.54) is 49.2 Å². The molecule has 0 spiro atoms. The largest absolute Gasteiger partial charge is 0.355 e. The zero-order valence-corrected chi connectivity index (χ0v) is 22.1. The van der Waals surface area contributed by atoms with Crippen molar-refractivity contribution in [2.45, 2.75) is 0 Å². The third-order valence-corrected chi connectivity index (χ3v) is 8.33. The lowest BCUT2D eigenvalue weighted by Gasteiger charge is -2.09. The zero-order chi connectivity index (χ0) is 26.9. The van der Waals surface area contributed by atoms with E-state index in [0.29, 0.717) is 0 Å². The molecular formula is C37H24N4. The number of aromatic nitrogens is 4. The van der Waals surface area contributed by atoms with Gasteiger partial charge in [0.2, 0.25) is 0 Å². The second-order valence-electron chi connectivity index (χ2n) is 10.6. The van der Waals surface area contributed by atoms with Gasteiger partial charge in [0.15, 0.2) is 0 Å². The molecule has 0 atom stereocenters. The maximum atomic E-state index is 4.83. The fourth-order valence-electron chi connectivity index (χ4n) is 6.44. The van der Waals surface area contributed by atoms with Crippen molar-refractivity contribution in [3.63, 3.8) is 0 Å². The molecule has 4 nitrogen and oxygen atoms in total. The van der Waals surface area contributed by atoms with Crippen LogP contribution in [0, 0.1) is 0 Å². The highest BCUT2D eigenvalue weighted by atomic mass is 15.3. The Hall–Kier alpha value is -5.61. The van der Waals surface area contributed by atoms with Crippen LogP contribution in [0.15, 0.2) is 140 Å². The minimum Gasteiger partial charge on any atom is -0.355 e. The van der Waals surface area contributed by atoms with Gasteiger partial charge in [-0.2, -0.15) is 5.10 Å². The molecule has 3 heterocycles. The van der Waals surface area contributed by atoms with Crippen molar-refractivity contribution in [1.82, 2.24) is 19.3 Å². The molecule has 41 heavy (non-hydrogen) atoms. The summed E-state index contributed by atoms with van der Waals surface area (Å²) in [5.41, 5.74) is 10.4. The summed E-state index contributed by atoms with van der Waals surface area (Å²) in [7, 11) is 0. The molecule has 0 radical (unpaired) electrons. The molecular weight excluding hydrogens is 500 g/mol. The SMILES string of the molecule is c1ccc(-n2ncc3c2ccc2c4cc(-c5ccc6[nH]c7ccccc7c6c5)ccc4n(-c4ccccc4)c23)cc1. The molecule has 0 aliphatic heterocycles. The third-order valence-electron chi connectivity index (χ3n) is 8.33. The van der Waals surface area contributed by atoms with E-state index in [-0.39, 0.29) is 0 Å². The maximum Gasteiger partial charge on any atom is 0.0762 e. The van der Waals surface area contributed by atoms with E-state index in [9.17, 15) is 0 Å². The van der Waals surface area contributed by atoms with Crippen molar-refractivity contribution >= 4 is 54.5 Å². The molecule has 192 valence electrons. The van der Waals surface area contributed by atoms with Crippen molar-refractivity contribution in [2.75, 3.05) is 0 Å². The highest BCUT2D eigenvalue weighted by Crippen LogP contribution is 2.39. The lowest BCUT2D eigenvalue weighted by molar-refractivity contribution is 0.911. The lowest BCUT2D eigenvalue weighted by atomic mass is 10.0. The minimum atomic E-state index is 1.05. The average molecular weight is 525 g/mol. The van der Waals surface area contributed by atoms with Gasteiger partial charge in [-0.3, -0.25) is 0 Å². The summed E-state index contributed by atoms with van der Waals surface area (Å²) in [4.78, 5) is 3.55. The van der Waals surface area contributed by atoms with Crippen LogP contribution in [0.4, 0.5) is 0 Å². The maximum absolute atomic E-state index is 4.83. The molecule has 0 amide bonds. The standard InChI is InChI=1S/C37H24N4/c1-3-9-26(10-4-1)40-35-19-16-25(24-15-18-34-30(21-24)28-13-7-8-14-33(28)39-34)22-31(35)29-17-20-36-32(37(29)40)23-38-41(36)27-11-5-2-6-12-27/h1-23,39H. The van der Waals surface area contributed by atoms with Crippen LogP contribution in [0.1, 0.15) is 0 Å². The van der Waals surface area contributed by atoms with E-state index < -0.39 is 0 Å². The van der Waals surface area contributed by atoms with Crippen LogP contribution in [0.3, 0.4) is 0 Å². The van der Waals surface area contributed by atoms with Crippen molar-refractivity contribution < 1.29 is 0 Å². The summed E-state index contributed by atoms with van der Waals surface area (Å²) in [6.07, 6.45) is 2.01. The lowest BCUT2D eigenvalue weighted by Crippen LogP contribution is -1.96. The molecule has 4 heteroatoms. The number of hydrogen-bond donors (Lipinski definition) is 1. The van der Waals surface area contributed by atoms with E-state index in [2.05, 4.69) is 137 Å². The summed E-state index contributed by atoms with van der Waals surface area (Å²) < 4.78 is 4.42. The number of fused-ring (bicyclic) bond motifs is 8. The van der Waals surface area contributed by atoms with Gasteiger partial charge in [0, 0.05) is 43.7 Å². The molecule has 9 aromatic rings. The average Bonchev–Trinajstić information content (AvgIpc) is 3.73. The Morgan fingerprint density at radius 3 is 1.95 bits per heavy atom. The topological polar surface area (TPSA) is 38.5 Å². The van der Waals surface area contributed by atoms with Crippen molar-refractivity contribution in [2.24, 2.45) is 0 Å². The number of rotatable bonds is 3. The quantitative estimate of drug-likeness (QED) is 0.246. The summed E-state index contributed by atoms with van der Waals surface area (Å²) in [5.74, 6) is 0. The normalized spacial score (nSPS) is 11.9. The Morgan fingerprint density at radius 2 is 1.12 bits per heavy atom. The molecule has 0 saturated carbocycles. The first-order valence-electron chi connectivity index (χ1n) is 13.9. The van der Waals surface area contributed by atoms with Crippen LogP contribution in [-0.2, 0) is 0 Å². The predicted octanol–water partition coefficient (Wildman–Crippen LogP) is 9.42. The summed E-state index contributed by atoms with van der Waals surface area (Å²) in [5, 5.41) is 10.9. The Morgan fingerprint density at radius 1 is 0.463 bits per heavy atom. The van der Waals surface area contributed by atoms with E-state index in [1.54, 1.807) is 0 Å². The molecule has 0 aliphatic carbocycles. The van der Waals surface area contributed by atoms with E-state index in [4.69, 9.17) is 5.10 Å². The Bertz CT molecular complexity index is 2410. The van der Waals surface area contributed by atoms with Gasteiger partial charge < -0.3 is 9.55 Å². The van der Waals surface area contributed by atoms with E-state index >= 15 is 0 Å². The van der Waals surface area contributed by atoms with Gasteiger partial charge in [-0.1, -0.05) is 66.7 Å². The third kappa shape index (κ3) is 3.25. The first-order chi connectivity index (χ1) is 20.3. The summed E-state index contributed by atoms with van der Waals surface area (Å²) in [6, 6.07) is 47.5. The summed E-state index contributed by atoms with van der Waals surface area (Å²) in [6.45, 7) is 0. The highest BCUT2D eigenvalue weighted by molar-refractivity contribution is 6.19. The molecule has 1 N–H and O–H groups in total. The van der Waals surface area contributed by atoms with Gasteiger partial charge >= 0.3 is 0 Å². The first-order valence-corrected chi connectivity index (χ1v) is 13.9. The monoisotopic (exact) mass is 524 g/mol. The van der Waals surface area contributed by atoms with E-state index in [1.807, 2.05) is 16.9 Å². The van der Waals surface area contributed by atoms with E-state index in [0.717, 1.165) is 27.8 Å². The molecule has 0 saturated heterocycles. The minimum absolute atomic E-state index is 1.05. The molecule has 0 bridgehead atoms. The second kappa shape index (κ2) is 8.44. The zero-order valence-electron chi connectivity index (χ0n) is 22.1. The molecule has 0 fully saturated rings. The van der Waals surface area contributed by atoms with Gasteiger partial charge in [-0.25, -0.2) is 4.68 Å². The van der Waals surface area contributed by atoms with Crippen LogP contribution in [0.25, 0.3) is 77.0 Å². The van der Waals surface area contributed by atoms with Crippen LogP contribution >= 0.6 is 0 Å². The second-order valence-corrected chi connectivity index (χ2v) is 10.6. The summed E-state index contributed by atoms with van der Waals surface area (Å²) >= 11 is 0. The van der Waals surface area contributed by atoms with Crippen molar-refractivity contribution in [1.29, 1.82) is 0 Å². The number of para-hydroxylation sites is 3. The number of nitrogens with one attached hydrogen (secondary N) is 1. The highest BCUT2D eigenvalue weighted by Gasteiger charge is 2.18. The van der Waals surface area contributed by atoms with Gasteiger partial charge in [0.25, 0.3) is 0 Å². The number of H-pyrrole nitrogens is 1. The van der Waals surface area contributed by atoms with Gasteiger partial charge in [0.05, 0.1) is 28.4 Å². The Balaban J connectivity index is 1.32. The van der Waals surface area contributed by atoms with Crippen molar-refractivity contribution in [3.05, 3.63) is 140 Å². The molecule has 6 aromatic carbocycles. The molecule has 0 unspecified atom stereocenters. The molecule has 0 aliphatic rings.